The molecule has 1 aliphatic rings. The number of piperazine rings is 1. The van der Waals surface area contributed by atoms with Gasteiger partial charge in [0.2, 0.25) is 0 Å². The molecular formula is C14H19BClF3N3O2-. The Morgan fingerprint density at radius 1 is 1.25 bits per heavy atom. The second-order valence-corrected chi connectivity index (χ2v) is 6.94. The van der Waals surface area contributed by atoms with E-state index in [-0.39, 0.29) is 5.82 Å². The second kappa shape index (κ2) is 6.70. The number of hydrogen-bond acceptors (Lipinski definition) is 4. The summed E-state index contributed by atoms with van der Waals surface area (Å²) in [5, 5.41) is -0.393. The molecule has 0 atom stereocenters. The molecule has 2 rings (SSSR count). The molecule has 1 amide bonds. The highest BCUT2D eigenvalue weighted by atomic mass is 35.5. The average Bonchev–Trinajstić information content (AvgIpc) is 2.44. The molecule has 2 heterocycles. The van der Waals surface area contributed by atoms with E-state index in [2.05, 4.69) is 4.98 Å². The fraction of sp³-hybridized carbons (Fsp3) is 0.571. The molecule has 24 heavy (non-hydrogen) atoms. The first-order chi connectivity index (χ1) is 11.0. The van der Waals surface area contributed by atoms with Crippen LogP contribution < -0.4 is 10.4 Å². The van der Waals surface area contributed by atoms with Gasteiger partial charge in [0.05, 0.1) is 5.02 Å². The summed E-state index contributed by atoms with van der Waals surface area (Å²) in [4.78, 5) is 19.1. The number of amides is 1. The summed E-state index contributed by atoms with van der Waals surface area (Å²) in [5.41, 5.74) is -1.45. The maximum atomic E-state index is 13.0. The van der Waals surface area contributed by atoms with Gasteiger partial charge in [0.15, 0.2) is 0 Å². The van der Waals surface area contributed by atoms with E-state index in [1.807, 2.05) is 0 Å². The standard InChI is InChI=1S/C14H19BClF3N3O2/c1-14(2,3)24-13(23)22-8-6-21(7-9-22)12-11(16)10(4-5-20-12)15(17,18)19/h4-5H,6-9H2,1-3H3/q-1. The van der Waals surface area contributed by atoms with Crippen LogP contribution >= 0.6 is 11.6 Å². The van der Waals surface area contributed by atoms with Crippen molar-refractivity contribution in [3.8, 4) is 0 Å². The highest BCUT2D eigenvalue weighted by Crippen LogP contribution is 2.26. The number of carbonyl (C=O) groups excluding carboxylic acids is 1. The summed E-state index contributed by atoms with van der Waals surface area (Å²) in [7, 11) is 0. The Kier molecular flexibility index (Phi) is 5.22. The number of ether oxygens (including phenoxy) is 1. The zero-order valence-corrected chi connectivity index (χ0v) is 14.5. The molecule has 0 aliphatic carbocycles. The Labute approximate surface area is 143 Å². The van der Waals surface area contributed by atoms with E-state index in [4.69, 9.17) is 16.3 Å². The molecular weight excluding hydrogens is 345 g/mol. The molecule has 0 bridgehead atoms. The Morgan fingerprint density at radius 2 is 1.83 bits per heavy atom. The van der Waals surface area contributed by atoms with E-state index >= 15 is 0 Å². The predicted molar refractivity (Wildman–Crippen MR) is 88.0 cm³/mol. The van der Waals surface area contributed by atoms with E-state index in [1.54, 1.807) is 25.7 Å². The first-order valence-electron chi connectivity index (χ1n) is 7.56. The van der Waals surface area contributed by atoms with Crippen LogP contribution in [0.4, 0.5) is 23.6 Å². The lowest BCUT2D eigenvalue weighted by atomic mass is 9.80. The van der Waals surface area contributed by atoms with E-state index < -0.39 is 29.2 Å². The zero-order chi connectivity index (χ0) is 18.1. The van der Waals surface area contributed by atoms with Gasteiger partial charge in [-0.25, -0.2) is 9.78 Å². The van der Waals surface area contributed by atoms with Crippen molar-refractivity contribution in [1.29, 1.82) is 0 Å². The number of hydrogen-bond donors (Lipinski definition) is 0. The van der Waals surface area contributed by atoms with Gasteiger partial charge in [-0.2, -0.15) is 0 Å². The van der Waals surface area contributed by atoms with E-state index in [9.17, 15) is 17.7 Å². The van der Waals surface area contributed by atoms with Crippen LogP contribution in [0.5, 0.6) is 0 Å². The van der Waals surface area contributed by atoms with Gasteiger partial charge >= 0.3 is 13.1 Å². The number of pyridine rings is 1. The van der Waals surface area contributed by atoms with Gasteiger partial charge in [0.25, 0.3) is 0 Å². The molecule has 0 unspecified atom stereocenters. The van der Waals surface area contributed by atoms with Crippen molar-refractivity contribution in [3.05, 3.63) is 17.3 Å². The largest absolute Gasteiger partial charge is 0.511 e. The molecule has 5 nitrogen and oxygen atoms in total. The van der Waals surface area contributed by atoms with Crippen molar-refractivity contribution in [2.75, 3.05) is 31.1 Å². The fourth-order valence-electron chi connectivity index (χ4n) is 2.35. The topological polar surface area (TPSA) is 45.7 Å². The number of rotatable bonds is 2. The van der Waals surface area contributed by atoms with Crippen LogP contribution in [-0.2, 0) is 4.74 Å². The molecule has 1 aromatic heterocycles. The Balaban J connectivity index is 2.07. The van der Waals surface area contributed by atoms with Gasteiger partial charge in [-0.05, 0) is 20.8 Å². The molecule has 1 aromatic rings. The summed E-state index contributed by atoms with van der Waals surface area (Å²) in [5.74, 6) is 0.0946. The van der Waals surface area contributed by atoms with Gasteiger partial charge in [0.1, 0.15) is 11.4 Å². The van der Waals surface area contributed by atoms with Crippen molar-refractivity contribution in [3.63, 3.8) is 0 Å². The Hall–Kier alpha value is -1.64. The van der Waals surface area contributed by atoms with Gasteiger partial charge in [-0.15, -0.1) is 0 Å². The summed E-state index contributed by atoms with van der Waals surface area (Å²) in [6.45, 7) is 1.44. The highest BCUT2D eigenvalue weighted by Gasteiger charge is 2.32. The normalized spacial score (nSPS) is 16.3. The molecule has 0 saturated carbocycles. The van der Waals surface area contributed by atoms with Gasteiger partial charge in [-0.1, -0.05) is 23.1 Å². The molecule has 0 radical (unpaired) electrons. The SMILES string of the molecule is CC(C)(C)OC(=O)N1CCN(c2nccc([B-](F)(F)F)c2Cl)CC1. The smallest absolute Gasteiger partial charge is 0.445 e. The van der Waals surface area contributed by atoms with Crippen molar-refractivity contribution in [2.24, 2.45) is 0 Å². The lowest BCUT2D eigenvalue weighted by molar-refractivity contribution is 0.0240. The minimum Gasteiger partial charge on any atom is -0.445 e. The van der Waals surface area contributed by atoms with Crippen molar-refractivity contribution < 1.29 is 22.5 Å². The van der Waals surface area contributed by atoms with Gasteiger partial charge in [0, 0.05) is 32.4 Å². The number of anilines is 1. The van der Waals surface area contributed by atoms with Crippen LogP contribution in [0, 0.1) is 0 Å². The van der Waals surface area contributed by atoms with E-state index in [0.29, 0.717) is 26.2 Å². The van der Waals surface area contributed by atoms with Crippen molar-refractivity contribution in [1.82, 2.24) is 9.88 Å². The quantitative estimate of drug-likeness (QED) is 0.757. The third-order valence-corrected chi connectivity index (χ3v) is 3.87. The first-order valence-corrected chi connectivity index (χ1v) is 7.94. The number of aromatic nitrogens is 1. The molecule has 1 aliphatic heterocycles. The maximum absolute atomic E-state index is 13.0. The third-order valence-electron chi connectivity index (χ3n) is 3.48. The maximum Gasteiger partial charge on any atom is 0.511 e. The van der Waals surface area contributed by atoms with Crippen LogP contribution in [-0.4, -0.2) is 54.7 Å². The molecule has 0 aromatic carbocycles. The summed E-state index contributed by atoms with van der Waals surface area (Å²) in [6, 6.07) is 0.878. The summed E-state index contributed by atoms with van der Waals surface area (Å²) in [6.07, 6.45) is 0.667. The predicted octanol–water partition coefficient (Wildman–Crippen LogP) is 2.85. The van der Waals surface area contributed by atoms with E-state index in [0.717, 1.165) is 12.3 Å². The number of halogens is 4. The minimum atomic E-state index is -5.20. The highest BCUT2D eigenvalue weighted by molar-refractivity contribution is 6.76. The molecule has 0 N–H and O–H groups in total. The average molecular weight is 365 g/mol. The second-order valence-electron chi connectivity index (χ2n) is 6.57. The lowest BCUT2D eigenvalue weighted by Gasteiger charge is -2.37. The van der Waals surface area contributed by atoms with Gasteiger partial charge < -0.3 is 27.5 Å². The van der Waals surface area contributed by atoms with Crippen LogP contribution in [0.3, 0.4) is 0 Å². The molecule has 10 heteroatoms. The number of nitrogens with zero attached hydrogens (tertiary/aromatic N) is 3. The fourth-order valence-corrected chi connectivity index (χ4v) is 2.70. The molecule has 134 valence electrons. The van der Waals surface area contributed by atoms with Crippen LogP contribution in [0.1, 0.15) is 20.8 Å². The third kappa shape index (κ3) is 4.46. The first kappa shape index (κ1) is 18.7. The lowest BCUT2D eigenvalue weighted by Crippen LogP contribution is -2.50. The Bertz CT molecular complexity index is 614. The summed E-state index contributed by atoms with van der Waals surface area (Å²) >= 11 is 5.90. The van der Waals surface area contributed by atoms with Crippen molar-refractivity contribution >= 4 is 36.0 Å². The molecule has 1 fully saturated rings. The Morgan fingerprint density at radius 3 is 2.33 bits per heavy atom. The number of carbonyl (C=O) groups is 1. The van der Waals surface area contributed by atoms with Gasteiger partial charge in [-0.3, -0.25) is 0 Å². The molecule has 1 saturated heterocycles. The monoisotopic (exact) mass is 364 g/mol. The van der Waals surface area contributed by atoms with Crippen LogP contribution in [0.2, 0.25) is 5.02 Å². The van der Waals surface area contributed by atoms with Crippen LogP contribution in [0.15, 0.2) is 12.3 Å². The summed E-state index contributed by atoms with van der Waals surface area (Å²) < 4.78 is 44.2. The minimum absolute atomic E-state index is 0.0946. The molecule has 0 spiro atoms. The van der Waals surface area contributed by atoms with E-state index in [1.165, 1.54) is 4.90 Å². The zero-order valence-electron chi connectivity index (χ0n) is 13.7. The van der Waals surface area contributed by atoms with Crippen molar-refractivity contribution in [2.45, 2.75) is 26.4 Å². The van der Waals surface area contributed by atoms with Crippen LogP contribution in [0.25, 0.3) is 0 Å².